The Hall–Kier alpha value is -0.870. The van der Waals surface area contributed by atoms with Crippen LogP contribution in [0.25, 0.3) is 0 Å². The third-order valence-electron chi connectivity index (χ3n) is 11.4. The molecular weight excluding hydrogens is 432 g/mol. The number of allylic oxidation sites excluding steroid dienone is 1. The Morgan fingerprint density at radius 1 is 1.11 bits per heavy atom. The van der Waals surface area contributed by atoms with Crippen molar-refractivity contribution in [2.75, 3.05) is 20.1 Å². The van der Waals surface area contributed by atoms with Gasteiger partial charge in [-0.25, -0.2) is 0 Å². The van der Waals surface area contributed by atoms with E-state index in [1.54, 1.807) is 0 Å². The molecule has 0 radical (unpaired) electrons. The van der Waals surface area contributed by atoms with Gasteiger partial charge in [-0.1, -0.05) is 65.5 Å². The van der Waals surface area contributed by atoms with E-state index in [-0.39, 0.29) is 17.2 Å². The first kappa shape index (κ1) is 27.2. The number of likely N-dealkylation sites (N-methyl/N-ethyl adjacent to an activating group) is 1. The summed E-state index contributed by atoms with van der Waals surface area (Å²) in [5.41, 5.74) is 2.00. The van der Waals surface area contributed by atoms with Gasteiger partial charge in [-0.2, -0.15) is 0 Å². The zero-order valence-corrected chi connectivity index (χ0v) is 23.5. The van der Waals surface area contributed by atoms with Crippen molar-refractivity contribution in [2.24, 2.45) is 52.3 Å². The minimum Gasteiger partial charge on any atom is -0.392 e. The molecule has 0 aromatic rings. The van der Waals surface area contributed by atoms with Crippen LogP contribution in [-0.2, 0) is 4.79 Å². The molecule has 4 aliphatic rings. The van der Waals surface area contributed by atoms with Crippen LogP contribution in [0.1, 0.15) is 98.8 Å². The van der Waals surface area contributed by atoms with E-state index in [0.717, 1.165) is 42.6 Å². The highest BCUT2D eigenvalue weighted by molar-refractivity contribution is 5.79. The molecule has 1 amide bonds. The SMILES string of the molecule is CNCCNC(=O)C1C[C@@]2(C)C(=CC[C@H]3[C@@H]4CC[C@H]([C@H](C)CCCC(C)C)[C@@]4(C)CC[C@@H]32)C[C@H]1O. The number of hydrogen-bond acceptors (Lipinski definition) is 3. The van der Waals surface area contributed by atoms with Crippen LogP contribution in [0.2, 0.25) is 0 Å². The highest BCUT2D eigenvalue weighted by atomic mass is 16.3. The molecule has 0 aliphatic heterocycles. The smallest absolute Gasteiger partial charge is 0.225 e. The summed E-state index contributed by atoms with van der Waals surface area (Å²) in [5.74, 6) is 4.53. The Bertz CT molecular complexity index is 778. The van der Waals surface area contributed by atoms with Crippen LogP contribution < -0.4 is 10.6 Å². The number of amides is 1. The Morgan fingerprint density at radius 3 is 2.60 bits per heavy atom. The number of carbonyl (C=O) groups is 1. The first-order valence-corrected chi connectivity index (χ1v) is 14.9. The van der Waals surface area contributed by atoms with Gasteiger partial charge in [0.15, 0.2) is 0 Å². The van der Waals surface area contributed by atoms with Crippen LogP contribution in [0.15, 0.2) is 11.6 Å². The van der Waals surface area contributed by atoms with Gasteiger partial charge in [-0.3, -0.25) is 4.79 Å². The van der Waals surface area contributed by atoms with E-state index in [4.69, 9.17) is 0 Å². The molecular formula is C31H54N2O2. The predicted molar refractivity (Wildman–Crippen MR) is 145 cm³/mol. The Balaban J connectivity index is 1.48. The van der Waals surface area contributed by atoms with E-state index in [1.807, 2.05) is 7.05 Å². The highest BCUT2D eigenvalue weighted by Gasteiger charge is 2.60. The van der Waals surface area contributed by atoms with Gasteiger partial charge < -0.3 is 15.7 Å². The van der Waals surface area contributed by atoms with Crippen LogP contribution in [0, 0.1) is 52.3 Å². The zero-order valence-electron chi connectivity index (χ0n) is 23.5. The molecule has 4 heteroatoms. The molecule has 3 N–H and O–H groups in total. The molecule has 9 atom stereocenters. The second kappa shape index (κ2) is 10.9. The highest BCUT2D eigenvalue weighted by Crippen LogP contribution is 2.67. The van der Waals surface area contributed by atoms with Crippen molar-refractivity contribution in [3.05, 3.63) is 11.6 Å². The lowest BCUT2D eigenvalue weighted by Crippen LogP contribution is -2.54. The number of aliphatic hydroxyl groups excluding tert-OH is 1. The predicted octanol–water partition coefficient (Wildman–Crippen LogP) is 5.95. The van der Waals surface area contributed by atoms with Crippen LogP contribution in [-0.4, -0.2) is 37.3 Å². The van der Waals surface area contributed by atoms with Crippen molar-refractivity contribution >= 4 is 5.91 Å². The van der Waals surface area contributed by atoms with Gasteiger partial charge in [-0.05, 0) is 98.3 Å². The molecule has 0 saturated heterocycles. The van der Waals surface area contributed by atoms with Gasteiger partial charge in [0.05, 0.1) is 12.0 Å². The molecule has 0 bridgehead atoms. The van der Waals surface area contributed by atoms with Crippen LogP contribution >= 0.6 is 0 Å². The maximum Gasteiger partial charge on any atom is 0.225 e. The Labute approximate surface area is 215 Å². The van der Waals surface area contributed by atoms with Gasteiger partial charge in [0.2, 0.25) is 5.91 Å². The molecule has 0 heterocycles. The fourth-order valence-corrected chi connectivity index (χ4v) is 9.45. The Kier molecular flexibility index (Phi) is 8.43. The topological polar surface area (TPSA) is 61.4 Å². The van der Waals surface area contributed by atoms with Gasteiger partial charge in [0, 0.05) is 13.1 Å². The molecule has 3 fully saturated rings. The average Bonchev–Trinajstić information content (AvgIpc) is 3.16. The van der Waals surface area contributed by atoms with Gasteiger partial charge in [0.1, 0.15) is 0 Å². The first-order chi connectivity index (χ1) is 16.6. The second-order valence-corrected chi connectivity index (χ2v) is 13.8. The molecule has 0 aromatic carbocycles. The average molecular weight is 487 g/mol. The maximum atomic E-state index is 13.0. The zero-order chi connectivity index (χ0) is 25.4. The fourth-order valence-electron chi connectivity index (χ4n) is 9.45. The molecule has 4 nitrogen and oxygen atoms in total. The van der Waals surface area contributed by atoms with Crippen molar-refractivity contribution in [1.82, 2.24) is 10.6 Å². The Morgan fingerprint density at radius 2 is 1.89 bits per heavy atom. The largest absolute Gasteiger partial charge is 0.392 e. The molecule has 4 aliphatic carbocycles. The standard InChI is InChI=1S/C31H54N2O2/c1-20(2)8-7-9-21(3)25-12-13-26-23-11-10-22-18-28(34)24(29(35)33-17-16-32-6)19-31(22,5)27(23)14-15-30(25,26)4/h10,20-21,23-28,32,34H,7-9,11-19H2,1-6H3,(H,33,35)/t21-,23+,24?,25-,26+,27+,28-,30-,31+/m1/s1. The molecule has 200 valence electrons. The maximum absolute atomic E-state index is 13.0. The van der Waals surface area contributed by atoms with Crippen molar-refractivity contribution < 1.29 is 9.90 Å². The van der Waals surface area contributed by atoms with E-state index in [9.17, 15) is 9.90 Å². The molecule has 0 aromatic heterocycles. The third-order valence-corrected chi connectivity index (χ3v) is 11.4. The van der Waals surface area contributed by atoms with Crippen LogP contribution in [0.3, 0.4) is 0 Å². The van der Waals surface area contributed by atoms with Crippen LogP contribution in [0.4, 0.5) is 0 Å². The lowest BCUT2D eigenvalue weighted by atomic mass is 9.46. The molecule has 4 rings (SSSR count). The van der Waals surface area contributed by atoms with E-state index < -0.39 is 6.10 Å². The normalized spacial score (nSPS) is 41.5. The van der Waals surface area contributed by atoms with E-state index in [1.165, 1.54) is 56.9 Å². The van der Waals surface area contributed by atoms with Crippen LogP contribution in [0.5, 0.6) is 0 Å². The number of nitrogens with one attached hydrogen (secondary N) is 2. The lowest BCUT2D eigenvalue weighted by molar-refractivity contribution is -0.134. The molecule has 3 saturated carbocycles. The summed E-state index contributed by atoms with van der Waals surface area (Å²) >= 11 is 0. The fraction of sp³-hybridized carbons (Fsp3) is 0.903. The monoisotopic (exact) mass is 486 g/mol. The van der Waals surface area contributed by atoms with Crippen molar-refractivity contribution in [3.8, 4) is 0 Å². The minimum absolute atomic E-state index is 0.0481. The number of fused-ring (bicyclic) bond motifs is 5. The van der Waals surface area contributed by atoms with Gasteiger partial charge in [0.25, 0.3) is 0 Å². The van der Waals surface area contributed by atoms with Crippen molar-refractivity contribution in [2.45, 2.75) is 105 Å². The molecule has 35 heavy (non-hydrogen) atoms. The van der Waals surface area contributed by atoms with E-state index in [0.29, 0.717) is 24.3 Å². The summed E-state index contributed by atoms with van der Waals surface area (Å²) in [6.45, 7) is 13.7. The number of aliphatic hydroxyl groups is 1. The van der Waals surface area contributed by atoms with E-state index in [2.05, 4.69) is 51.3 Å². The summed E-state index contributed by atoms with van der Waals surface area (Å²) in [4.78, 5) is 13.0. The number of rotatable bonds is 9. The number of hydrogen-bond donors (Lipinski definition) is 3. The minimum atomic E-state index is -0.545. The summed E-state index contributed by atoms with van der Waals surface area (Å²) in [7, 11) is 1.90. The lowest BCUT2D eigenvalue weighted by Gasteiger charge is -2.59. The van der Waals surface area contributed by atoms with Gasteiger partial charge in [-0.15, -0.1) is 0 Å². The van der Waals surface area contributed by atoms with E-state index >= 15 is 0 Å². The summed E-state index contributed by atoms with van der Waals surface area (Å²) in [5, 5.41) is 17.1. The van der Waals surface area contributed by atoms with Crippen molar-refractivity contribution in [1.29, 1.82) is 0 Å². The van der Waals surface area contributed by atoms with Gasteiger partial charge >= 0.3 is 0 Å². The molecule has 1 unspecified atom stereocenters. The number of carbonyl (C=O) groups excluding carboxylic acids is 1. The second-order valence-electron chi connectivity index (χ2n) is 13.8. The van der Waals surface area contributed by atoms with Crippen molar-refractivity contribution in [3.63, 3.8) is 0 Å². The first-order valence-electron chi connectivity index (χ1n) is 14.9. The molecule has 0 spiro atoms. The summed E-state index contributed by atoms with van der Waals surface area (Å²) < 4.78 is 0. The summed E-state index contributed by atoms with van der Waals surface area (Å²) in [6.07, 6.45) is 14.2. The third kappa shape index (κ3) is 5.13. The quantitative estimate of drug-likeness (QED) is 0.279. The summed E-state index contributed by atoms with van der Waals surface area (Å²) in [6, 6.07) is 0.